The van der Waals surface area contributed by atoms with E-state index in [0.29, 0.717) is 32.3 Å². The summed E-state index contributed by atoms with van der Waals surface area (Å²) >= 11 is 12.7. The fourth-order valence-corrected chi connectivity index (χ4v) is 5.89. The van der Waals surface area contributed by atoms with Crippen LogP contribution in [0, 0.1) is 0 Å². The number of aromatic nitrogens is 1. The highest BCUT2D eigenvalue weighted by atomic mass is 35.5. The third-order valence-electron chi connectivity index (χ3n) is 6.10. The number of pyridine rings is 1. The Hall–Kier alpha value is -3.87. The van der Waals surface area contributed by atoms with Gasteiger partial charge in [0.15, 0.2) is 0 Å². The number of amides is 1. The third-order valence-corrected chi connectivity index (χ3v) is 8.33. The van der Waals surface area contributed by atoms with E-state index in [4.69, 9.17) is 37.4 Å². The largest absolute Gasteiger partial charge is 0.497 e. The average Bonchev–Trinajstić information content (AvgIpc) is 2.95. The molecule has 1 aliphatic heterocycles. The number of halogens is 2. The van der Waals surface area contributed by atoms with Gasteiger partial charge >= 0.3 is 22.3 Å². The zero-order valence-electron chi connectivity index (χ0n) is 23.9. The first-order valence-corrected chi connectivity index (χ1v) is 15.2. The second kappa shape index (κ2) is 13.2. The molecule has 0 bridgehead atoms. The van der Waals surface area contributed by atoms with Crippen molar-refractivity contribution in [1.82, 2.24) is 13.7 Å². The van der Waals surface area contributed by atoms with Crippen molar-refractivity contribution >= 4 is 51.2 Å². The second-order valence-corrected chi connectivity index (χ2v) is 13.0. The summed E-state index contributed by atoms with van der Waals surface area (Å²) in [5, 5.41) is 4.94. The van der Waals surface area contributed by atoms with Crippen LogP contribution in [-0.4, -0.2) is 59.2 Å². The fraction of sp³-hybridized carbons (Fsp3) is 0.310. The van der Waals surface area contributed by atoms with Crippen molar-refractivity contribution in [2.24, 2.45) is 5.10 Å². The molecule has 0 atom stereocenters. The van der Waals surface area contributed by atoms with Crippen molar-refractivity contribution in [2.75, 3.05) is 13.7 Å². The van der Waals surface area contributed by atoms with Gasteiger partial charge < -0.3 is 14.2 Å². The SMILES string of the molecule is COc1ccc2c(c1)CN(S(=O)(=O)N(CC(=O)OC(C)(C)C)C(=O)OCc1ccccc1)N=C2Cc1c(Cl)cncc1Cl. The van der Waals surface area contributed by atoms with E-state index < -0.39 is 34.4 Å². The van der Waals surface area contributed by atoms with Gasteiger partial charge in [-0.05, 0) is 55.7 Å². The van der Waals surface area contributed by atoms with Gasteiger partial charge in [0, 0.05) is 24.4 Å². The minimum Gasteiger partial charge on any atom is -0.497 e. The first-order valence-electron chi connectivity index (χ1n) is 13.0. The normalized spacial score (nSPS) is 13.1. The van der Waals surface area contributed by atoms with Crippen LogP contribution in [0.5, 0.6) is 5.75 Å². The predicted molar refractivity (Wildman–Crippen MR) is 161 cm³/mol. The van der Waals surface area contributed by atoms with Crippen LogP contribution >= 0.6 is 23.2 Å². The molecule has 0 unspecified atom stereocenters. The van der Waals surface area contributed by atoms with Crippen molar-refractivity contribution < 1.29 is 32.2 Å². The van der Waals surface area contributed by atoms with E-state index in [-0.39, 0.29) is 35.3 Å². The molecular weight excluding hydrogens is 619 g/mol. The summed E-state index contributed by atoms with van der Waals surface area (Å²) in [4.78, 5) is 30.1. The molecule has 2 aromatic carbocycles. The van der Waals surface area contributed by atoms with Crippen LogP contribution in [-0.2, 0) is 44.1 Å². The predicted octanol–water partition coefficient (Wildman–Crippen LogP) is 5.38. The zero-order valence-corrected chi connectivity index (χ0v) is 26.2. The van der Waals surface area contributed by atoms with Gasteiger partial charge in [0.05, 0.1) is 29.4 Å². The van der Waals surface area contributed by atoms with Crippen LogP contribution in [0.1, 0.15) is 43.0 Å². The molecule has 3 aromatic rings. The topological polar surface area (TPSA) is 128 Å². The van der Waals surface area contributed by atoms with Crippen LogP contribution in [0.4, 0.5) is 4.79 Å². The minimum atomic E-state index is -4.80. The Morgan fingerprint density at radius 1 is 1.05 bits per heavy atom. The molecule has 1 aromatic heterocycles. The van der Waals surface area contributed by atoms with Gasteiger partial charge in [-0.1, -0.05) is 53.5 Å². The van der Waals surface area contributed by atoms with Crippen LogP contribution in [0.15, 0.2) is 66.0 Å². The number of carbonyl (C=O) groups is 2. The number of nitrogens with zero attached hydrogens (tertiary/aromatic N) is 4. The second-order valence-electron chi connectivity index (χ2n) is 10.4. The van der Waals surface area contributed by atoms with Crippen LogP contribution in [0.2, 0.25) is 10.0 Å². The number of fused-ring (bicyclic) bond motifs is 1. The summed E-state index contributed by atoms with van der Waals surface area (Å²) in [5.41, 5.74) is 1.61. The summed E-state index contributed by atoms with van der Waals surface area (Å²) in [6.45, 7) is 3.43. The van der Waals surface area contributed by atoms with Gasteiger partial charge in [-0.15, -0.1) is 0 Å². The number of hydrogen-bond acceptors (Lipinski definition) is 9. The number of ether oxygens (including phenoxy) is 3. The number of carbonyl (C=O) groups excluding carboxylic acids is 2. The molecule has 0 N–H and O–H groups in total. The lowest BCUT2D eigenvalue weighted by atomic mass is 9.96. The Labute approximate surface area is 260 Å². The Morgan fingerprint density at radius 3 is 2.35 bits per heavy atom. The lowest BCUT2D eigenvalue weighted by Crippen LogP contribution is -2.49. The molecule has 0 spiro atoms. The number of methoxy groups -OCH3 is 1. The standard InChI is InChI=1S/C29H30Cl2N4O7S/c1-29(2,3)42-27(36)17-34(28(37)41-18-19-8-6-5-7-9-19)43(38,39)35-16-20-12-21(40-4)10-11-22(20)26(33-35)13-23-24(30)14-32-15-25(23)31/h5-12,14-15H,13,16-18H2,1-4H3. The van der Waals surface area contributed by atoms with Crippen LogP contribution in [0.25, 0.3) is 0 Å². The number of hydrogen-bond donors (Lipinski definition) is 0. The Kier molecular flexibility index (Phi) is 9.83. The van der Waals surface area contributed by atoms with Gasteiger partial charge in [0.25, 0.3) is 0 Å². The maximum atomic E-state index is 14.1. The highest BCUT2D eigenvalue weighted by Crippen LogP contribution is 2.31. The van der Waals surface area contributed by atoms with E-state index in [1.807, 2.05) is 0 Å². The molecule has 43 heavy (non-hydrogen) atoms. The van der Waals surface area contributed by atoms with E-state index >= 15 is 0 Å². The summed E-state index contributed by atoms with van der Waals surface area (Å²) < 4.78 is 45.2. The van der Waals surface area contributed by atoms with Crippen molar-refractivity contribution in [3.63, 3.8) is 0 Å². The Balaban J connectivity index is 1.74. The maximum absolute atomic E-state index is 14.1. The minimum absolute atomic E-state index is 0.0378. The highest BCUT2D eigenvalue weighted by molar-refractivity contribution is 7.87. The van der Waals surface area contributed by atoms with E-state index in [9.17, 15) is 18.0 Å². The van der Waals surface area contributed by atoms with Gasteiger partial charge in [-0.3, -0.25) is 9.78 Å². The maximum Gasteiger partial charge on any atom is 0.425 e. The molecule has 0 aliphatic carbocycles. The highest BCUT2D eigenvalue weighted by Gasteiger charge is 2.39. The van der Waals surface area contributed by atoms with E-state index in [1.54, 1.807) is 69.3 Å². The smallest absolute Gasteiger partial charge is 0.425 e. The number of benzene rings is 2. The first-order chi connectivity index (χ1) is 20.3. The molecule has 4 rings (SSSR count). The fourth-order valence-electron chi connectivity index (χ4n) is 4.15. The van der Waals surface area contributed by atoms with Crippen LogP contribution < -0.4 is 4.74 Å². The van der Waals surface area contributed by atoms with Crippen LogP contribution in [0.3, 0.4) is 0 Å². The van der Waals surface area contributed by atoms with Crippen molar-refractivity contribution in [3.8, 4) is 5.75 Å². The van der Waals surface area contributed by atoms with E-state index in [1.165, 1.54) is 19.5 Å². The van der Waals surface area contributed by atoms with Crippen molar-refractivity contribution in [1.29, 1.82) is 0 Å². The Bertz CT molecular complexity index is 1620. The zero-order chi connectivity index (χ0) is 31.4. The summed E-state index contributed by atoms with van der Waals surface area (Å²) in [6, 6.07) is 13.8. The molecule has 0 fully saturated rings. The van der Waals surface area contributed by atoms with Gasteiger partial charge in [-0.2, -0.15) is 22.2 Å². The molecular formula is C29H30Cl2N4O7S. The Morgan fingerprint density at radius 2 is 1.72 bits per heavy atom. The summed E-state index contributed by atoms with van der Waals surface area (Å²) in [7, 11) is -3.32. The van der Waals surface area contributed by atoms with Gasteiger partial charge in [0.2, 0.25) is 0 Å². The molecule has 11 nitrogen and oxygen atoms in total. The van der Waals surface area contributed by atoms with Gasteiger partial charge in [-0.25, -0.2) is 4.79 Å². The quantitative estimate of drug-likeness (QED) is 0.283. The molecule has 0 saturated carbocycles. The van der Waals surface area contributed by atoms with Gasteiger partial charge in [0.1, 0.15) is 24.5 Å². The summed E-state index contributed by atoms with van der Waals surface area (Å²) in [6.07, 6.45) is 1.60. The van der Waals surface area contributed by atoms with E-state index in [2.05, 4.69) is 10.1 Å². The third kappa shape index (κ3) is 7.95. The lowest BCUT2D eigenvalue weighted by molar-refractivity contribution is -0.154. The number of hydrazone groups is 1. The number of rotatable bonds is 9. The molecule has 1 aliphatic rings. The molecule has 0 saturated heterocycles. The average molecular weight is 650 g/mol. The first kappa shape index (κ1) is 32.1. The van der Waals surface area contributed by atoms with E-state index in [0.717, 1.165) is 4.41 Å². The van der Waals surface area contributed by atoms with Crippen molar-refractivity contribution in [3.05, 3.63) is 93.2 Å². The summed E-state index contributed by atoms with van der Waals surface area (Å²) in [5.74, 6) is -0.475. The molecule has 2 heterocycles. The van der Waals surface area contributed by atoms with Crippen molar-refractivity contribution in [2.45, 2.75) is 45.9 Å². The molecule has 1 amide bonds. The molecule has 0 radical (unpaired) electrons. The number of esters is 1. The molecule has 228 valence electrons. The molecule has 14 heteroatoms. The monoisotopic (exact) mass is 648 g/mol. The lowest BCUT2D eigenvalue weighted by Gasteiger charge is -2.31.